The lowest BCUT2D eigenvalue weighted by Crippen LogP contribution is -2.16. The number of carbonyl (C=O) groups is 2. The molecule has 0 aliphatic heterocycles. The van der Waals surface area contributed by atoms with Crippen molar-refractivity contribution in [2.24, 2.45) is 7.05 Å². The van der Waals surface area contributed by atoms with Crippen molar-refractivity contribution in [3.8, 4) is 0 Å². The van der Waals surface area contributed by atoms with Crippen molar-refractivity contribution in [3.05, 3.63) is 33.0 Å². The lowest BCUT2D eigenvalue weighted by Gasteiger charge is -2.06. The molecular formula is C15H19N3O3S. The average molecular weight is 321 g/mol. The first-order chi connectivity index (χ1) is 10.3. The van der Waals surface area contributed by atoms with Crippen LogP contribution < -0.4 is 5.32 Å². The van der Waals surface area contributed by atoms with Crippen molar-refractivity contribution in [1.82, 2.24) is 9.78 Å². The van der Waals surface area contributed by atoms with Crippen LogP contribution in [0.3, 0.4) is 0 Å². The minimum absolute atomic E-state index is 0.269. The van der Waals surface area contributed by atoms with Crippen LogP contribution in [0.4, 0.5) is 5.00 Å². The van der Waals surface area contributed by atoms with E-state index in [2.05, 4.69) is 10.4 Å². The van der Waals surface area contributed by atoms with Gasteiger partial charge in [-0.25, -0.2) is 4.79 Å². The van der Waals surface area contributed by atoms with E-state index >= 15 is 0 Å². The number of anilines is 1. The number of aromatic nitrogens is 2. The summed E-state index contributed by atoms with van der Waals surface area (Å²) in [5, 5.41) is 7.57. The standard InChI is InChI=1S/C15H19N3O3S/c1-7-10(4)22-14(11(7)15(20)21-6)16-13(19)12-8(2)17-18(5)9(12)3/h1-6H3,(H,16,19). The molecule has 0 saturated heterocycles. The van der Waals surface area contributed by atoms with E-state index in [1.807, 2.05) is 20.8 Å². The molecule has 0 aliphatic rings. The highest BCUT2D eigenvalue weighted by atomic mass is 32.1. The predicted octanol–water partition coefficient (Wildman–Crippen LogP) is 2.75. The van der Waals surface area contributed by atoms with E-state index in [1.165, 1.54) is 18.4 Å². The molecule has 1 amide bonds. The van der Waals surface area contributed by atoms with Crippen molar-refractivity contribution in [1.29, 1.82) is 0 Å². The number of amides is 1. The molecule has 0 radical (unpaired) electrons. The number of nitrogens with one attached hydrogen (secondary N) is 1. The van der Waals surface area contributed by atoms with E-state index < -0.39 is 5.97 Å². The fourth-order valence-electron chi connectivity index (χ4n) is 2.33. The van der Waals surface area contributed by atoms with Gasteiger partial charge in [0.15, 0.2) is 0 Å². The Morgan fingerprint density at radius 3 is 2.32 bits per heavy atom. The number of rotatable bonds is 3. The normalized spacial score (nSPS) is 10.6. The van der Waals surface area contributed by atoms with Crippen LogP contribution in [0.15, 0.2) is 0 Å². The zero-order chi connectivity index (χ0) is 16.6. The first-order valence-electron chi connectivity index (χ1n) is 6.77. The average Bonchev–Trinajstić information content (AvgIpc) is 2.86. The molecule has 6 nitrogen and oxygen atoms in total. The first-order valence-corrected chi connectivity index (χ1v) is 7.59. The van der Waals surface area contributed by atoms with Crippen molar-refractivity contribution in [2.45, 2.75) is 27.7 Å². The summed E-state index contributed by atoms with van der Waals surface area (Å²) in [7, 11) is 3.12. The Bertz CT molecular complexity index is 759. The smallest absolute Gasteiger partial charge is 0.341 e. The Balaban J connectivity index is 2.41. The highest BCUT2D eigenvalue weighted by Gasteiger charge is 2.24. The minimum Gasteiger partial charge on any atom is -0.465 e. The number of esters is 1. The van der Waals surface area contributed by atoms with Crippen LogP contribution in [-0.2, 0) is 11.8 Å². The summed E-state index contributed by atoms with van der Waals surface area (Å²) in [6, 6.07) is 0. The van der Waals surface area contributed by atoms with E-state index in [1.54, 1.807) is 18.7 Å². The van der Waals surface area contributed by atoms with Crippen molar-refractivity contribution < 1.29 is 14.3 Å². The van der Waals surface area contributed by atoms with Crippen LogP contribution in [0.25, 0.3) is 0 Å². The molecule has 22 heavy (non-hydrogen) atoms. The van der Waals surface area contributed by atoms with Crippen LogP contribution in [0, 0.1) is 27.7 Å². The summed E-state index contributed by atoms with van der Waals surface area (Å²) in [6.07, 6.45) is 0. The molecule has 2 aromatic heterocycles. The molecular weight excluding hydrogens is 302 g/mol. The van der Waals surface area contributed by atoms with Crippen molar-refractivity contribution in [2.75, 3.05) is 12.4 Å². The van der Waals surface area contributed by atoms with Gasteiger partial charge in [0, 0.05) is 17.6 Å². The largest absolute Gasteiger partial charge is 0.465 e. The molecule has 0 unspecified atom stereocenters. The molecule has 118 valence electrons. The second kappa shape index (κ2) is 5.92. The molecule has 2 heterocycles. The molecule has 0 spiro atoms. The Kier molecular flexibility index (Phi) is 4.37. The van der Waals surface area contributed by atoms with Gasteiger partial charge in [0.2, 0.25) is 0 Å². The quantitative estimate of drug-likeness (QED) is 0.882. The fourth-order valence-corrected chi connectivity index (χ4v) is 3.37. The summed E-state index contributed by atoms with van der Waals surface area (Å²) < 4.78 is 6.47. The number of nitrogens with zero attached hydrogens (tertiary/aromatic N) is 2. The number of methoxy groups -OCH3 is 1. The second-order valence-corrected chi connectivity index (χ2v) is 6.33. The highest BCUT2D eigenvalue weighted by molar-refractivity contribution is 7.16. The summed E-state index contributed by atoms with van der Waals surface area (Å²) >= 11 is 1.37. The van der Waals surface area contributed by atoms with Gasteiger partial charge in [-0.2, -0.15) is 5.10 Å². The molecule has 0 fully saturated rings. The molecule has 1 N–H and O–H groups in total. The Morgan fingerprint density at radius 1 is 1.18 bits per heavy atom. The lowest BCUT2D eigenvalue weighted by molar-refractivity contribution is 0.0601. The van der Waals surface area contributed by atoms with Crippen LogP contribution in [0.1, 0.15) is 42.5 Å². The first kappa shape index (κ1) is 16.2. The van der Waals surface area contributed by atoms with Crippen molar-refractivity contribution >= 4 is 28.2 Å². The van der Waals surface area contributed by atoms with Gasteiger partial charge in [0.1, 0.15) is 5.00 Å². The Morgan fingerprint density at radius 2 is 1.82 bits per heavy atom. The molecule has 0 saturated carbocycles. The maximum atomic E-state index is 12.5. The number of aryl methyl sites for hydroxylation is 3. The van der Waals surface area contributed by atoms with Crippen LogP contribution in [-0.4, -0.2) is 28.8 Å². The predicted molar refractivity (Wildman–Crippen MR) is 85.8 cm³/mol. The van der Waals surface area contributed by atoms with Crippen LogP contribution in [0.2, 0.25) is 0 Å². The molecule has 0 bridgehead atoms. The van der Waals surface area contributed by atoms with E-state index in [9.17, 15) is 9.59 Å². The Hall–Kier alpha value is -2.15. The second-order valence-electron chi connectivity index (χ2n) is 5.10. The zero-order valence-corrected chi connectivity index (χ0v) is 14.3. The number of hydrogen-bond acceptors (Lipinski definition) is 5. The number of hydrogen-bond donors (Lipinski definition) is 1. The third-order valence-corrected chi connectivity index (χ3v) is 4.86. The SMILES string of the molecule is COC(=O)c1c(NC(=O)c2c(C)nn(C)c2C)sc(C)c1C. The topological polar surface area (TPSA) is 73.2 Å². The fraction of sp³-hybridized carbons (Fsp3) is 0.400. The summed E-state index contributed by atoms with van der Waals surface area (Å²) in [6.45, 7) is 7.37. The maximum Gasteiger partial charge on any atom is 0.341 e. The van der Waals surface area contributed by atoms with Gasteiger partial charge in [-0.3, -0.25) is 9.48 Å². The van der Waals surface area contributed by atoms with Gasteiger partial charge in [0.25, 0.3) is 5.91 Å². The molecule has 2 aromatic rings. The maximum absolute atomic E-state index is 12.5. The molecule has 0 aromatic carbocycles. The monoisotopic (exact) mass is 321 g/mol. The summed E-state index contributed by atoms with van der Waals surface area (Å²) in [5.41, 5.74) is 3.20. The number of ether oxygens (including phenoxy) is 1. The van der Waals surface area contributed by atoms with E-state index in [-0.39, 0.29) is 5.91 Å². The highest BCUT2D eigenvalue weighted by Crippen LogP contribution is 2.33. The molecule has 0 atom stereocenters. The van der Waals surface area contributed by atoms with Crippen LogP contribution >= 0.6 is 11.3 Å². The number of thiophene rings is 1. The molecule has 0 aliphatic carbocycles. The molecule has 7 heteroatoms. The van der Waals surface area contributed by atoms with E-state index in [0.29, 0.717) is 21.8 Å². The number of carbonyl (C=O) groups excluding carboxylic acids is 2. The third-order valence-electron chi connectivity index (χ3n) is 3.74. The van der Waals surface area contributed by atoms with Crippen molar-refractivity contribution in [3.63, 3.8) is 0 Å². The van der Waals surface area contributed by atoms with Gasteiger partial charge < -0.3 is 10.1 Å². The summed E-state index contributed by atoms with van der Waals surface area (Å²) in [5.74, 6) is -0.716. The van der Waals surface area contributed by atoms with E-state index in [4.69, 9.17) is 4.74 Å². The van der Waals surface area contributed by atoms with Gasteiger partial charge in [-0.1, -0.05) is 0 Å². The third kappa shape index (κ3) is 2.64. The Labute approximate surface area is 133 Å². The van der Waals surface area contributed by atoms with Gasteiger partial charge >= 0.3 is 5.97 Å². The molecule has 2 rings (SSSR count). The van der Waals surface area contributed by atoms with Gasteiger partial charge in [-0.15, -0.1) is 11.3 Å². The minimum atomic E-state index is -0.447. The lowest BCUT2D eigenvalue weighted by atomic mass is 10.1. The van der Waals surface area contributed by atoms with E-state index in [0.717, 1.165) is 16.1 Å². The van der Waals surface area contributed by atoms with Gasteiger partial charge in [-0.05, 0) is 33.3 Å². The summed E-state index contributed by atoms with van der Waals surface area (Å²) in [4.78, 5) is 25.5. The van der Waals surface area contributed by atoms with Gasteiger partial charge in [0.05, 0.1) is 23.9 Å². The zero-order valence-electron chi connectivity index (χ0n) is 13.5. The van der Waals surface area contributed by atoms with Crippen LogP contribution in [0.5, 0.6) is 0 Å².